The third kappa shape index (κ3) is 2.94. The first-order valence-corrected chi connectivity index (χ1v) is 10.6. The van der Waals surface area contributed by atoms with E-state index >= 15 is 0 Å². The molecule has 7 heteroatoms. The minimum atomic E-state index is 0.0159. The highest BCUT2D eigenvalue weighted by Crippen LogP contribution is 2.37. The zero-order chi connectivity index (χ0) is 18.4. The number of thiazole rings is 1. The van der Waals surface area contributed by atoms with Gasteiger partial charge in [-0.15, -0.1) is 21.5 Å². The molecule has 2 aromatic heterocycles. The number of likely N-dealkylation sites (tertiary alicyclic amines) is 1. The first-order valence-electron chi connectivity index (χ1n) is 9.75. The molecule has 0 radical (unpaired) electrons. The van der Waals surface area contributed by atoms with Crippen LogP contribution in [-0.2, 0) is 17.8 Å². The number of piperidine rings is 1. The number of carbonyl (C=O) groups excluding carboxylic acids is 1. The van der Waals surface area contributed by atoms with Crippen molar-refractivity contribution in [1.82, 2.24) is 24.6 Å². The maximum absolute atomic E-state index is 13.4. The molecule has 0 aliphatic carbocycles. The minimum absolute atomic E-state index is 0.0159. The van der Waals surface area contributed by atoms with E-state index in [-0.39, 0.29) is 17.9 Å². The molecule has 1 saturated heterocycles. The normalized spacial score (nSPS) is 22.8. The summed E-state index contributed by atoms with van der Waals surface area (Å²) in [6, 6.07) is 8.36. The number of aromatic nitrogens is 4. The minimum Gasteiger partial charge on any atom is -0.333 e. The molecule has 140 valence electrons. The van der Waals surface area contributed by atoms with Crippen LogP contribution in [0.3, 0.4) is 0 Å². The molecule has 0 spiro atoms. The van der Waals surface area contributed by atoms with E-state index in [1.807, 2.05) is 13.0 Å². The molecule has 3 aromatic rings. The van der Waals surface area contributed by atoms with Gasteiger partial charge in [0.2, 0.25) is 5.91 Å². The molecule has 27 heavy (non-hydrogen) atoms. The van der Waals surface area contributed by atoms with Gasteiger partial charge in [0.25, 0.3) is 0 Å². The molecule has 6 nitrogen and oxygen atoms in total. The quantitative estimate of drug-likeness (QED) is 0.681. The van der Waals surface area contributed by atoms with Gasteiger partial charge in [0.15, 0.2) is 0 Å². The lowest BCUT2D eigenvalue weighted by atomic mass is 9.94. The van der Waals surface area contributed by atoms with E-state index in [1.165, 1.54) is 4.70 Å². The smallest absolute Gasteiger partial charge is 0.228 e. The number of amides is 1. The van der Waals surface area contributed by atoms with Gasteiger partial charge in [-0.05, 0) is 44.7 Å². The second-order valence-electron chi connectivity index (χ2n) is 7.57. The van der Waals surface area contributed by atoms with E-state index in [4.69, 9.17) is 4.98 Å². The number of aryl methyl sites for hydroxylation is 2. The summed E-state index contributed by atoms with van der Waals surface area (Å²) in [5, 5.41) is 9.48. The van der Waals surface area contributed by atoms with Gasteiger partial charge in [-0.2, -0.15) is 0 Å². The number of carbonyl (C=O) groups is 1. The molecule has 5 rings (SSSR count). The second kappa shape index (κ2) is 6.71. The van der Waals surface area contributed by atoms with Crippen LogP contribution in [0.25, 0.3) is 10.2 Å². The van der Waals surface area contributed by atoms with Gasteiger partial charge in [0.1, 0.15) is 16.7 Å². The highest BCUT2D eigenvalue weighted by atomic mass is 32.1. The number of nitrogens with zero attached hydrogens (tertiary/aromatic N) is 5. The second-order valence-corrected chi connectivity index (χ2v) is 8.63. The molecular formula is C20H23N5OS. The standard InChI is InChI=1S/C20H23N5OS/c1-13-22-23-18-10-9-14(12-25(13)18)20(26)24-11-5-4-7-16(24)19-21-15-6-2-3-8-17(15)27-19/h2-3,6,8,14,16H,4-5,7,9-12H2,1H3/t14-,16-/m0/s1. The molecule has 4 heterocycles. The van der Waals surface area contributed by atoms with Gasteiger partial charge >= 0.3 is 0 Å². The number of benzene rings is 1. The molecule has 0 N–H and O–H groups in total. The van der Waals surface area contributed by atoms with E-state index in [0.29, 0.717) is 6.54 Å². The van der Waals surface area contributed by atoms with Crippen LogP contribution >= 0.6 is 11.3 Å². The highest BCUT2D eigenvalue weighted by Gasteiger charge is 2.36. The van der Waals surface area contributed by atoms with Crippen molar-refractivity contribution in [3.63, 3.8) is 0 Å². The molecule has 1 fully saturated rings. The first-order chi connectivity index (χ1) is 13.2. The summed E-state index contributed by atoms with van der Waals surface area (Å²) in [7, 11) is 0. The predicted octanol–water partition coefficient (Wildman–Crippen LogP) is 3.51. The van der Waals surface area contributed by atoms with E-state index in [2.05, 4.69) is 37.9 Å². The average molecular weight is 382 g/mol. The highest BCUT2D eigenvalue weighted by molar-refractivity contribution is 7.18. The Kier molecular flexibility index (Phi) is 4.19. The third-order valence-corrected chi connectivity index (χ3v) is 7.00. The molecule has 0 saturated carbocycles. The lowest BCUT2D eigenvalue weighted by Crippen LogP contribution is -2.44. The Morgan fingerprint density at radius 3 is 2.96 bits per heavy atom. The van der Waals surface area contributed by atoms with Crippen LogP contribution in [0.5, 0.6) is 0 Å². The molecule has 2 aliphatic heterocycles. The summed E-state index contributed by atoms with van der Waals surface area (Å²) in [6.07, 6.45) is 4.94. The summed E-state index contributed by atoms with van der Waals surface area (Å²) in [5.74, 6) is 2.21. The molecule has 0 unspecified atom stereocenters. The maximum atomic E-state index is 13.4. The molecular weight excluding hydrogens is 358 g/mol. The van der Waals surface area contributed by atoms with Crippen molar-refractivity contribution < 1.29 is 4.79 Å². The van der Waals surface area contributed by atoms with Crippen LogP contribution in [0, 0.1) is 12.8 Å². The lowest BCUT2D eigenvalue weighted by molar-refractivity contribution is -0.140. The number of rotatable bonds is 2. The maximum Gasteiger partial charge on any atom is 0.228 e. The van der Waals surface area contributed by atoms with E-state index in [9.17, 15) is 4.79 Å². The number of para-hydroxylation sites is 1. The van der Waals surface area contributed by atoms with E-state index < -0.39 is 0 Å². The third-order valence-electron chi connectivity index (χ3n) is 5.86. The summed E-state index contributed by atoms with van der Waals surface area (Å²) in [5.41, 5.74) is 1.04. The van der Waals surface area contributed by atoms with Gasteiger partial charge in [-0.3, -0.25) is 4.79 Å². The number of fused-ring (bicyclic) bond motifs is 2. The molecule has 2 aliphatic rings. The SMILES string of the molecule is Cc1nnc2n1C[C@@H](C(=O)N1CCCC[C@H]1c1nc3ccccc3s1)CC2. The van der Waals surface area contributed by atoms with Crippen LogP contribution in [-0.4, -0.2) is 37.1 Å². The van der Waals surface area contributed by atoms with Gasteiger partial charge < -0.3 is 9.47 Å². The molecule has 1 aromatic carbocycles. The Balaban J connectivity index is 1.42. The van der Waals surface area contributed by atoms with Crippen LogP contribution in [0.1, 0.15) is 48.4 Å². The summed E-state index contributed by atoms with van der Waals surface area (Å²) in [4.78, 5) is 20.4. The van der Waals surface area contributed by atoms with Crippen molar-refractivity contribution in [2.45, 2.75) is 51.6 Å². The molecule has 2 atom stereocenters. The Morgan fingerprint density at radius 2 is 2.07 bits per heavy atom. The van der Waals surface area contributed by atoms with Crippen LogP contribution in [0.4, 0.5) is 0 Å². The lowest BCUT2D eigenvalue weighted by Gasteiger charge is -2.37. The molecule has 0 bridgehead atoms. The summed E-state index contributed by atoms with van der Waals surface area (Å²) >= 11 is 1.73. The van der Waals surface area contributed by atoms with Crippen molar-refractivity contribution in [3.05, 3.63) is 40.9 Å². The monoisotopic (exact) mass is 381 g/mol. The van der Waals surface area contributed by atoms with Gasteiger partial charge in [-0.25, -0.2) is 4.98 Å². The van der Waals surface area contributed by atoms with E-state index in [0.717, 1.165) is 60.8 Å². The van der Waals surface area contributed by atoms with Crippen molar-refractivity contribution in [2.75, 3.05) is 6.54 Å². The van der Waals surface area contributed by atoms with Crippen molar-refractivity contribution in [1.29, 1.82) is 0 Å². The number of hydrogen-bond acceptors (Lipinski definition) is 5. The Bertz CT molecular complexity index is 960. The summed E-state index contributed by atoms with van der Waals surface area (Å²) < 4.78 is 3.32. The summed E-state index contributed by atoms with van der Waals surface area (Å²) in [6.45, 7) is 3.51. The fourth-order valence-corrected chi connectivity index (χ4v) is 5.50. The molecule has 1 amide bonds. The predicted molar refractivity (Wildman–Crippen MR) is 104 cm³/mol. The van der Waals surface area contributed by atoms with E-state index in [1.54, 1.807) is 11.3 Å². The van der Waals surface area contributed by atoms with Crippen LogP contribution in [0.2, 0.25) is 0 Å². The van der Waals surface area contributed by atoms with Gasteiger partial charge in [0, 0.05) is 19.5 Å². The fourth-order valence-electron chi connectivity index (χ4n) is 4.38. The van der Waals surface area contributed by atoms with Crippen molar-refractivity contribution in [3.8, 4) is 0 Å². The van der Waals surface area contributed by atoms with Gasteiger partial charge in [-0.1, -0.05) is 12.1 Å². The number of hydrogen-bond donors (Lipinski definition) is 0. The zero-order valence-corrected chi connectivity index (χ0v) is 16.3. The largest absolute Gasteiger partial charge is 0.333 e. The Hall–Kier alpha value is -2.28. The topological polar surface area (TPSA) is 63.9 Å². The van der Waals surface area contributed by atoms with Gasteiger partial charge in [0.05, 0.1) is 22.2 Å². The average Bonchev–Trinajstić information content (AvgIpc) is 3.31. The van der Waals surface area contributed by atoms with Crippen LogP contribution < -0.4 is 0 Å². The Morgan fingerprint density at radius 1 is 1.19 bits per heavy atom. The fraction of sp³-hybridized carbons (Fsp3) is 0.500. The Labute approximate surface area is 162 Å². The zero-order valence-electron chi connectivity index (χ0n) is 15.5. The van der Waals surface area contributed by atoms with Crippen molar-refractivity contribution >= 4 is 27.5 Å². The first kappa shape index (κ1) is 16.9. The van der Waals surface area contributed by atoms with Crippen LogP contribution in [0.15, 0.2) is 24.3 Å². The van der Waals surface area contributed by atoms with Crippen molar-refractivity contribution in [2.24, 2.45) is 5.92 Å².